The summed E-state index contributed by atoms with van der Waals surface area (Å²) < 4.78 is 0. The molecule has 0 bridgehead atoms. The molecule has 1 fully saturated rings. The minimum absolute atomic E-state index is 0.0332. The number of amides is 1. The maximum atomic E-state index is 11.7. The van der Waals surface area contributed by atoms with Gasteiger partial charge in [-0.05, 0) is 30.5 Å². The summed E-state index contributed by atoms with van der Waals surface area (Å²) in [6, 6.07) is 7.91. The summed E-state index contributed by atoms with van der Waals surface area (Å²) in [4.78, 5) is 11.7. The molecule has 1 aliphatic rings. The predicted molar refractivity (Wildman–Crippen MR) is 73.6 cm³/mol. The van der Waals surface area contributed by atoms with Crippen molar-refractivity contribution in [2.75, 3.05) is 13.1 Å². The van der Waals surface area contributed by atoms with Gasteiger partial charge in [-0.3, -0.25) is 4.79 Å². The average molecular weight is 267 g/mol. The molecule has 0 heterocycles. The Bertz CT molecular complexity index is 443. The Morgan fingerprint density at radius 1 is 1.56 bits per heavy atom. The van der Waals surface area contributed by atoms with E-state index in [-0.39, 0.29) is 17.2 Å². The number of carbonyl (C=O) groups is 1. The van der Waals surface area contributed by atoms with Gasteiger partial charge < -0.3 is 11.1 Å². The van der Waals surface area contributed by atoms with Gasteiger partial charge >= 0.3 is 0 Å². The highest BCUT2D eigenvalue weighted by Gasteiger charge is 2.44. The molecule has 1 unspecified atom stereocenters. The second-order valence-corrected chi connectivity index (χ2v) is 5.58. The smallest absolute Gasteiger partial charge is 0.224 e. The Morgan fingerprint density at radius 2 is 2.28 bits per heavy atom. The fourth-order valence-corrected chi connectivity index (χ4v) is 2.26. The van der Waals surface area contributed by atoms with Gasteiger partial charge in [0.25, 0.3) is 0 Å². The van der Waals surface area contributed by atoms with Gasteiger partial charge in [-0.1, -0.05) is 30.7 Å². The Labute approximate surface area is 113 Å². The first-order valence-corrected chi connectivity index (χ1v) is 6.69. The van der Waals surface area contributed by atoms with Crippen LogP contribution in [0.3, 0.4) is 0 Å². The Morgan fingerprint density at radius 3 is 2.83 bits per heavy atom. The van der Waals surface area contributed by atoms with Crippen LogP contribution in [0.5, 0.6) is 0 Å². The van der Waals surface area contributed by atoms with Crippen LogP contribution >= 0.6 is 11.6 Å². The van der Waals surface area contributed by atoms with Gasteiger partial charge in [-0.15, -0.1) is 0 Å². The molecule has 0 radical (unpaired) electrons. The Kier molecular flexibility index (Phi) is 3.93. The van der Waals surface area contributed by atoms with Crippen LogP contribution in [-0.4, -0.2) is 19.0 Å². The van der Waals surface area contributed by atoms with Crippen LogP contribution in [0.4, 0.5) is 0 Å². The molecule has 1 aliphatic carbocycles. The molecule has 0 spiro atoms. The summed E-state index contributed by atoms with van der Waals surface area (Å²) in [6.45, 7) is 2.90. The van der Waals surface area contributed by atoms with E-state index in [1.54, 1.807) is 0 Å². The molecule has 1 aromatic rings. The van der Waals surface area contributed by atoms with Crippen LogP contribution in [0.1, 0.15) is 25.3 Å². The number of rotatable bonds is 5. The van der Waals surface area contributed by atoms with Gasteiger partial charge in [0.05, 0.1) is 0 Å². The lowest BCUT2D eigenvalue weighted by Crippen LogP contribution is -2.38. The standard InChI is InChI=1S/C14H19ClN2O/c1-10(8-16)13(18)17-9-14(5-6-14)11-3-2-4-12(15)7-11/h2-4,7,10H,5-6,8-9,16H2,1H3,(H,17,18). The van der Waals surface area contributed by atoms with Crippen LogP contribution in [0.2, 0.25) is 5.02 Å². The second kappa shape index (κ2) is 5.29. The van der Waals surface area contributed by atoms with Crippen molar-refractivity contribution in [3.63, 3.8) is 0 Å². The molecular weight excluding hydrogens is 248 g/mol. The minimum atomic E-state index is -0.125. The van der Waals surface area contributed by atoms with Crippen LogP contribution in [0, 0.1) is 5.92 Å². The van der Waals surface area contributed by atoms with E-state index in [1.165, 1.54) is 5.56 Å². The Balaban J connectivity index is 1.99. The maximum absolute atomic E-state index is 11.7. The molecular formula is C14H19ClN2O. The summed E-state index contributed by atoms with van der Waals surface area (Å²) >= 11 is 6.01. The van der Waals surface area contributed by atoms with Crippen molar-refractivity contribution < 1.29 is 4.79 Å². The molecule has 2 rings (SSSR count). The van der Waals surface area contributed by atoms with Crippen LogP contribution in [0.25, 0.3) is 0 Å². The molecule has 3 nitrogen and oxygen atoms in total. The van der Waals surface area contributed by atoms with E-state index in [9.17, 15) is 4.79 Å². The van der Waals surface area contributed by atoms with Gasteiger partial charge in [-0.25, -0.2) is 0 Å². The monoisotopic (exact) mass is 266 g/mol. The van der Waals surface area contributed by atoms with Crippen molar-refractivity contribution in [3.05, 3.63) is 34.9 Å². The summed E-state index contributed by atoms with van der Waals surface area (Å²) in [5, 5.41) is 3.74. The first-order chi connectivity index (χ1) is 8.57. The predicted octanol–water partition coefficient (Wildman–Crippen LogP) is 2.08. The molecule has 1 atom stereocenters. The first kappa shape index (κ1) is 13.4. The number of hydrogen-bond donors (Lipinski definition) is 2. The molecule has 1 amide bonds. The number of hydrogen-bond acceptors (Lipinski definition) is 2. The van der Waals surface area contributed by atoms with Crippen molar-refractivity contribution in [1.82, 2.24) is 5.32 Å². The molecule has 3 N–H and O–H groups in total. The van der Waals surface area contributed by atoms with E-state index >= 15 is 0 Å². The minimum Gasteiger partial charge on any atom is -0.355 e. The zero-order valence-corrected chi connectivity index (χ0v) is 11.3. The van der Waals surface area contributed by atoms with E-state index < -0.39 is 0 Å². The van der Waals surface area contributed by atoms with E-state index in [0.717, 1.165) is 17.9 Å². The highest BCUT2D eigenvalue weighted by Crippen LogP contribution is 2.48. The number of nitrogens with one attached hydrogen (secondary N) is 1. The molecule has 1 saturated carbocycles. The van der Waals surface area contributed by atoms with Crippen LogP contribution in [-0.2, 0) is 10.2 Å². The molecule has 1 aromatic carbocycles. The van der Waals surface area contributed by atoms with E-state index in [1.807, 2.05) is 25.1 Å². The van der Waals surface area contributed by atoms with Crippen LogP contribution in [0.15, 0.2) is 24.3 Å². The fourth-order valence-electron chi connectivity index (χ4n) is 2.07. The zero-order valence-electron chi connectivity index (χ0n) is 10.6. The van der Waals surface area contributed by atoms with Crippen molar-refractivity contribution >= 4 is 17.5 Å². The summed E-state index contributed by atoms with van der Waals surface area (Å²) in [5.74, 6) is -0.0917. The second-order valence-electron chi connectivity index (χ2n) is 5.15. The molecule has 98 valence electrons. The highest BCUT2D eigenvalue weighted by atomic mass is 35.5. The van der Waals surface area contributed by atoms with E-state index in [4.69, 9.17) is 17.3 Å². The van der Waals surface area contributed by atoms with Gasteiger partial charge in [0.15, 0.2) is 0 Å². The van der Waals surface area contributed by atoms with Gasteiger partial charge in [0.2, 0.25) is 5.91 Å². The van der Waals surface area contributed by atoms with E-state index in [0.29, 0.717) is 13.1 Å². The number of benzene rings is 1. The number of halogens is 1. The maximum Gasteiger partial charge on any atom is 0.224 e. The third kappa shape index (κ3) is 2.85. The number of carbonyl (C=O) groups excluding carboxylic acids is 1. The lowest BCUT2D eigenvalue weighted by Gasteiger charge is -2.18. The summed E-state index contributed by atoms with van der Waals surface area (Å²) in [5.41, 5.74) is 6.79. The van der Waals surface area contributed by atoms with Crippen molar-refractivity contribution in [3.8, 4) is 0 Å². The van der Waals surface area contributed by atoms with E-state index in [2.05, 4.69) is 11.4 Å². The first-order valence-electron chi connectivity index (χ1n) is 6.31. The van der Waals surface area contributed by atoms with Crippen molar-refractivity contribution in [1.29, 1.82) is 0 Å². The molecule has 0 aromatic heterocycles. The average Bonchev–Trinajstić information content (AvgIpc) is 3.16. The highest BCUT2D eigenvalue weighted by molar-refractivity contribution is 6.30. The zero-order chi connectivity index (χ0) is 13.2. The quantitative estimate of drug-likeness (QED) is 0.857. The summed E-state index contributed by atoms with van der Waals surface area (Å²) in [6.07, 6.45) is 2.20. The molecule has 4 heteroatoms. The van der Waals surface area contributed by atoms with Gasteiger partial charge in [-0.2, -0.15) is 0 Å². The summed E-state index contributed by atoms with van der Waals surface area (Å²) in [7, 11) is 0. The third-order valence-corrected chi connectivity index (χ3v) is 3.93. The fraction of sp³-hybridized carbons (Fsp3) is 0.500. The van der Waals surface area contributed by atoms with Crippen molar-refractivity contribution in [2.45, 2.75) is 25.2 Å². The van der Waals surface area contributed by atoms with Gasteiger partial charge in [0.1, 0.15) is 0 Å². The van der Waals surface area contributed by atoms with Crippen LogP contribution < -0.4 is 11.1 Å². The molecule has 0 saturated heterocycles. The lowest BCUT2D eigenvalue weighted by molar-refractivity contribution is -0.124. The molecule has 0 aliphatic heterocycles. The van der Waals surface area contributed by atoms with Crippen molar-refractivity contribution in [2.24, 2.45) is 11.7 Å². The Hall–Kier alpha value is -1.06. The topological polar surface area (TPSA) is 55.1 Å². The molecule has 18 heavy (non-hydrogen) atoms. The van der Waals surface area contributed by atoms with Gasteiger partial charge in [0, 0.05) is 29.4 Å². The SMILES string of the molecule is CC(CN)C(=O)NCC1(c2cccc(Cl)c2)CC1. The number of nitrogens with two attached hydrogens (primary N) is 1. The lowest BCUT2D eigenvalue weighted by atomic mass is 9.95. The largest absolute Gasteiger partial charge is 0.355 e. The third-order valence-electron chi connectivity index (χ3n) is 3.69. The normalized spacial score (nSPS) is 18.2.